The van der Waals surface area contributed by atoms with Gasteiger partial charge in [-0.2, -0.15) is 0 Å². The standard InChI is InChI=1S/C16H23N3O3/c1-18(2)16(14-8-3-4-9-17-14)15(20)11-12-6-5-7-13(10-12)19(21)22/h5-7,10,14,16-17H,3-4,8-9,11H2,1-2H3/t14-,16?/m1/s1. The first-order valence-electron chi connectivity index (χ1n) is 7.65. The van der Waals surface area contributed by atoms with Gasteiger partial charge in [0.05, 0.1) is 11.0 Å². The molecule has 0 bridgehead atoms. The predicted octanol–water partition coefficient (Wildman–Crippen LogP) is 1.78. The number of piperidine rings is 1. The number of non-ortho nitro benzene ring substituents is 1. The van der Waals surface area contributed by atoms with Crippen molar-refractivity contribution in [2.24, 2.45) is 0 Å². The summed E-state index contributed by atoms with van der Waals surface area (Å²) in [5.41, 5.74) is 0.726. The van der Waals surface area contributed by atoms with Gasteiger partial charge in [0.15, 0.2) is 5.78 Å². The molecule has 1 aliphatic heterocycles. The maximum Gasteiger partial charge on any atom is 0.269 e. The van der Waals surface area contributed by atoms with E-state index in [0.29, 0.717) is 5.56 Å². The summed E-state index contributed by atoms with van der Waals surface area (Å²) in [6, 6.07) is 6.30. The normalized spacial score (nSPS) is 19.9. The number of nitro benzene ring substituents is 1. The van der Waals surface area contributed by atoms with Crippen LogP contribution in [0, 0.1) is 10.1 Å². The Bertz CT molecular complexity index is 539. The Morgan fingerprint density at radius 3 is 2.82 bits per heavy atom. The van der Waals surface area contributed by atoms with Crippen molar-refractivity contribution in [1.29, 1.82) is 0 Å². The highest BCUT2D eigenvalue weighted by atomic mass is 16.6. The van der Waals surface area contributed by atoms with Gasteiger partial charge < -0.3 is 5.32 Å². The monoisotopic (exact) mass is 305 g/mol. The van der Waals surface area contributed by atoms with E-state index in [0.717, 1.165) is 25.8 Å². The molecule has 120 valence electrons. The molecule has 2 rings (SSSR count). The third kappa shape index (κ3) is 4.11. The highest BCUT2D eigenvalue weighted by Gasteiger charge is 2.30. The van der Waals surface area contributed by atoms with Crippen molar-refractivity contribution in [3.8, 4) is 0 Å². The average molecular weight is 305 g/mol. The number of hydrogen-bond donors (Lipinski definition) is 1. The van der Waals surface area contributed by atoms with Gasteiger partial charge in [-0.3, -0.25) is 19.8 Å². The van der Waals surface area contributed by atoms with Gasteiger partial charge in [0.2, 0.25) is 0 Å². The predicted molar refractivity (Wildman–Crippen MR) is 84.9 cm³/mol. The van der Waals surface area contributed by atoms with Crippen LogP contribution in [0.2, 0.25) is 0 Å². The molecule has 1 saturated heterocycles. The van der Waals surface area contributed by atoms with E-state index < -0.39 is 4.92 Å². The first kappa shape index (κ1) is 16.6. The van der Waals surface area contributed by atoms with Crippen molar-refractivity contribution in [2.75, 3.05) is 20.6 Å². The number of hydrogen-bond acceptors (Lipinski definition) is 5. The third-order valence-corrected chi connectivity index (χ3v) is 4.12. The Hall–Kier alpha value is -1.79. The molecule has 22 heavy (non-hydrogen) atoms. The van der Waals surface area contributed by atoms with Gasteiger partial charge in [0.1, 0.15) is 0 Å². The summed E-state index contributed by atoms with van der Waals surface area (Å²) in [5, 5.41) is 14.3. The van der Waals surface area contributed by atoms with E-state index in [2.05, 4.69) is 5.32 Å². The fourth-order valence-corrected chi connectivity index (χ4v) is 3.11. The first-order valence-corrected chi connectivity index (χ1v) is 7.65. The molecular formula is C16H23N3O3. The largest absolute Gasteiger partial charge is 0.312 e. The van der Waals surface area contributed by atoms with Crippen molar-refractivity contribution < 1.29 is 9.72 Å². The summed E-state index contributed by atoms with van der Waals surface area (Å²) >= 11 is 0. The van der Waals surface area contributed by atoms with Crippen LogP contribution in [0.1, 0.15) is 24.8 Å². The summed E-state index contributed by atoms with van der Waals surface area (Å²) in [6.07, 6.45) is 3.49. The van der Waals surface area contributed by atoms with Crippen LogP contribution in [0.15, 0.2) is 24.3 Å². The van der Waals surface area contributed by atoms with Gasteiger partial charge >= 0.3 is 0 Å². The molecule has 0 amide bonds. The molecule has 1 unspecified atom stereocenters. The first-order chi connectivity index (χ1) is 10.5. The zero-order chi connectivity index (χ0) is 16.1. The fourth-order valence-electron chi connectivity index (χ4n) is 3.11. The topological polar surface area (TPSA) is 75.5 Å². The molecular weight excluding hydrogens is 282 g/mol. The van der Waals surface area contributed by atoms with Gasteiger partial charge in [-0.05, 0) is 39.0 Å². The number of nitrogens with zero attached hydrogens (tertiary/aromatic N) is 2. The number of nitro groups is 1. The summed E-state index contributed by atoms with van der Waals surface area (Å²) < 4.78 is 0. The summed E-state index contributed by atoms with van der Waals surface area (Å²) in [6.45, 7) is 0.944. The minimum Gasteiger partial charge on any atom is -0.312 e. The quantitative estimate of drug-likeness (QED) is 0.640. The number of likely N-dealkylation sites (N-methyl/N-ethyl adjacent to an activating group) is 1. The van der Waals surface area contributed by atoms with Gasteiger partial charge in [0, 0.05) is 24.6 Å². The van der Waals surface area contributed by atoms with Crippen molar-refractivity contribution in [3.63, 3.8) is 0 Å². The molecule has 6 nitrogen and oxygen atoms in total. The average Bonchev–Trinajstić information content (AvgIpc) is 2.48. The number of carbonyl (C=O) groups is 1. The fraction of sp³-hybridized carbons (Fsp3) is 0.562. The van der Waals surface area contributed by atoms with Crippen LogP contribution in [0.25, 0.3) is 0 Å². The summed E-state index contributed by atoms with van der Waals surface area (Å²) in [7, 11) is 3.82. The lowest BCUT2D eigenvalue weighted by Gasteiger charge is -2.34. The number of benzene rings is 1. The molecule has 0 spiro atoms. The van der Waals surface area contributed by atoms with Gasteiger partial charge in [-0.25, -0.2) is 0 Å². The van der Waals surface area contributed by atoms with Crippen LogP contribution in [0.5, 0.6) is 0 Å². The van der Waals surface area contributed by atoms with Crippen LogP contribution >= 0.6 is 0 Å². The minimum atomic E-state index is -0.430. The van der Waals surface area contributed by atoms with Crippen LogP contribution in [0.3, 0.4) is 0 Å². The maximum atomic E-state index is 12.7. The number of carbonyl (C=O) groups excluding carboxylic acids is 1. The number of Topliss-reactive ketones (excluding diaryl/α,β-unsaturated/α-hetero) is 1. The lowest BCUT2D eigenvalue weighted by atomic mass is 9.91. The van der Waals surface area contributed by atoms with Crippen LogP contribution < -0.4 is 5.32 Å². The summed E-state index contributed by atoms with van der Waals surface area (Å²) in [4.78, 5) is 25.0. The van der Waals surface area contributed by atoms with Crippen molar-refractivity contribution in [2.45, 2.75) is 37.8 Å². The lowest BCUT2D eigenvalue weighted by Crippen LogP contribution is -2.53. The second-order valence-electron chi connectivity index (χ2n) is 6.03. The highest BCUT2D eigenvalue weighted by Crippen LogP contribution is 2.18. The van der Waals surface area contributed by atoms with Crippen molar-refractivity contribution in [1.82, 2.24) is 10.2 Å². The van der Waals surface area contributed by atoms with E-state index >= 15 is 0 Å². The third-order valence-electron chi connectivity index (χ3n) is 4.12. The smallest absolute Gasteiger partial charge is 0.269 e. The van der Waals surface area contributed by atoms with E-state index in [1.807, 2.05) is 19.0 Å². The number of nitrogens with one attached hydrogen (secondary N) is 1. The number of rotatable bonds is 6. The summed E-state index contributed by atoms with van der Waals surface area (Å²) in [5.74, 6) is 0.102. The van der Waals surface area contributed by atoms with Crippen molar-refractivity contribution in [3.05, 3.63) is 39.9 Å². The molecule has 0 aliphatic carbocycles. The molecule has 1 aromatic rings. The molecule has 1 heterocycles. The SMILES string of the molecule is CN(C)C(C(=O)Cc1cccc([N+](=O)[O-])c1)[C@H]1CCCCN1. The minimum absolute atomic E-state index is 0.0301. The Morgan fingerprint density at radius 2 is 2.23 bits per heavy atom. The van der Waals surface area contributed by atoms with E-state index in [1.165, 1.54) is 12.1 Å². The van der Waals surface area contributed by atoms with E-state index in [-0.39, 0.29) is 30.0 Å². The van der Waals surface area contributed by atoms with Gasteiger partial charge in [-0.1, -0.05) is 18.6 Å². The molecule has 0 aromatic heterocycles. The Balaban J connectivity index is 2.10. The molecule has 1 aliphatic rings. The van der Waals surface area contributed by atoms with Crippen LogP contribution in [-0.2, 0) is 11.2 Å². The maximum absolute atomic E-state index is 12.7. The zero-order valence-corrected chi connectivity index (χ0v) is 13.1. The van der Waals surface area contributed by atoms with Crippen LogP contribution in [0.4, 0.5) is 5.69 Å². The van der Waals surface area contributed by atoms with E-state index in [1.54, 1.807) is 12.1 Å². The van der Waals surface area contributed by atoms with Gasteiger partial charge in [0.25, 0.3) is 5.69 Å². The Morgan fingerprint density at radius 1 is 1.45 bits per heavy atom. The number of ketones is 1. The Labute approximate surface area is 130 Å². The highest BCUT2D eigenvalue weighted by molar-refractivity contribution is 5.87. The molecule has 2 atom stereocenters. The Kier molecular flexibility index (Phi) is 5.63. The molecule has 0 radical (unpaired) electrons. The second-order valence-corrected chi connectivity index (χ2v) is 6.03. The lowest BCUT2D eigenvalue weighted by molar-refractivity contribution is -0.384. The molecule has 1 N–H and O–H groups in total. The second kappa shape index (κ2) is 7.47. The molecule has 1 fully saturated rings. The van der Waals surface area contributed by atoms with Crippen molar-refractivity contribution >= 4 is 11.5 Å². The van der Waals surface area contributed by atoms with E-state index in [9.17, 15) is 14.9 Å². The zero-order valence-electron chi connectivity index (χ0n) is 13.1. The van der Waals surface area contributed by atoms with E-state index in [4.69, 9.17) is 0 Å². The molecule has 1 aromatic carbocycles. The van der Waals surface area contributed by atoms with Gasteiger partial charge in [-0.15, -0.1) is 0 Å². The van der Waals surface area contributed by atoms with Crippen LogP contribution in [-0.4, -0.2) is 48.3 Å². The molecule has 0 saturated carbocycles. The molecule has 6 heteroatoms.